The Hall–Kier alpha value is -2.13. The van der Waals surface area contributed by atoms with Crippen molar-refractivity contribution in [1.29, 1.82) is 0 Å². The van der Waals surface area contributed by atoms with Crippen molar-refractivity contribution in [3.8, 4) is 0 Å². The highest BCUT2D eigenvalue weighted by atomic mass is 35.5. The molecule has 3 aromatic rings. The number of hydrogen-bond acceptors (Lipinski definition) is 5. The Balaban J connectivity index is 2.10. The Morgan fingerprint density at radius 3 is 2.48 bits per heavy atom. The van der Waals surface area contributed by atoms with Gasteiger partial charge in [0, 0.05) is 6.54 Å². The van der Waals surface area contributed by atoms with E-state index in [2.05, 4.69) is 4.98 Å². The summed E-state index contributed by atoms with van der Waals surface area (Å²) in [6.45, 7) is 2.12. The molecular weight excluding hydrogens is 368 g/mol. The molecule has 0 aliphatic carbocycles. The number of nitro benzene ring substituents is 1. The van der Waals surface area contributed by atoms with Gasteiger partial charge in [0.15, 0.2) is 5.52 Å². The van der Waals surface area contributed by atoms with Gasteiger partial charge in [-0.1, -0.05) is 47.5 Å². The predicted molar refractivity (Wildman–Crippen MR) is 96.5 cm³/mol. The second-order valence-electron chi connectivity index (χ2n) is 5.51. The lowest BCUT2D eigenvalue weighted by Crippen LogP contribution is -2.29. The normalized spacial score (nSPS) is 11.1. The van der Waals surface area contributed by atoms with Crippen LogP contribution in [0.1, 0.15) is 11.4 Å². The van der Waals surface area contributed by atoms with Crippen molar-refractivity contribution in [3.05, 3.63) is 61.9 Å². The summed E-state index contributed by atoms with van der Waals surface area (Å²) < 4.78 is 1.79. The quantitative estimate of drug-likeness (QED) is 0.411. The number of nitro groups is 1. The molecular formula is C15H12BCl2N3O4. The van der Waals surface area contributed by atoms with Crippen LogP contribution in [0.25, 0.3) is 11.0 Å². The number of hydrogen-bond donors (Lipinski definition) is 2. The highest BCUT2D eigenvalue weighted by Crippen LogP contribution is 2.38. The van der Waals surface area contributed by atoms with Crippen molar-refractivity contribution in [2.45, 2.75) is 13.5 Å². The second kappa shape index (κ2) is 6.64. The van der Waals surface area contributed by atoms with E-state index in [4.69, 9.17) is 33.2 Å². The molecule has 128 valence electrons. The summed E-state index contributed by atoms with van der Waals surface area (Å²) in [7, 11) is -1.53. The van der Waals surface area contributed by atoms with Crippen molar-refractivity contribution < 1.29 is 15.0 Å². The molecule has 0 aliphatic heterocycles. The van der Waals surface area contributed by atoms with E-state index in [-0.39, 0.29) is 21.2 Å². The smallest absolute Gasteiger partial charge is 0.423 e. The molecule has 10 heteroatoms. The molecule has 0 aliphatic rings. The number of fused-ring (bicyclic) bond motifs is 1. The summed E-state index contributed by atoms with van der Waals surface area (Å²) in [6, 6.07) is 8.23. The van der Waals surface area contributed by atoms with Crippen molar-refractivity contribution in [1.82, 2.24) is 9.55 Å². The van der Waals surface area contributed by atoms with E-state index in [0.29, 0.717) is 23.3 Å². The zero-order valence-corrected chi connectivity index (χ0v) is 14.5. The van der Waals surface area contributed by atoms with Gasteiger partial charge in [0.05, 0.1) is 15.5 Å². The predicted octanol–water partition coefficient (Wildman–Crippen LogP) is 2.29. The van der Waals surface area contributed by atoms with E-state index in [1.165, 1.54) is 0 Å². The van der Waals surface area contributed by atoms with E-state index in [1.807, 2.05) is 0 Å². The van der Waals surface area contributed by atoms with Crippen molar-refractivity contribution in [2.75, 3.05) is 0 Å². The van der Waals surface area contributed by atoms with Gasteiger partial charge in [0.2, 0.25) is 0 Å². The standard InChI is InChI=1S/C15H12BCl2N3O4/c1-8-19-14-12(6-11(17)13(18)15(14)21(24)25)20(8)7-9-2-4-10(5-3-9)16(22)23/h2-6,22-23H,7H2,1H3. The Labute approximate surface area is 152 Å². The topological polar surface area (TPSA) is 101 Å². The molecule has 0 saturated heterocycles. The fourth-order valence-electron chi connectivity index (χ4n) is 2.65. The van der Waals surface area contributed by atoms with Crippen LogP contribution in [0.2, 0.25) is 10.0 Å². The number of imidazole rings is 1. The van der Waals surface area contributed by atoms with Gasteiger partial charge in [0.1, 0.15) is 10.8 Å². The van der Waals surface area contributed by atoms with Gasteiger partial charge in [-0.15, -0.1) is 0 Å². The van der Waals surface area contributed by atoms with Crippen LogP contribution in [0, 0.1) is 17.0 Å². The first kappa shape index (κ1) is 17.7. The SMILES string of the molecule is Cc1nc2c([N+](=O)[O-])c(Cl)c(Cl)cc2n1Cc1ccc(B(O)O)cc1. The lowest BCUT2D eigenvalue weighted by Gasteiger charge is -2.09. The number of nitrogens with zero attached hydrogens (tertiary/aromatic N) is 3. The number of halogens is 2. The third-order valence-corrected chi connectivity index (χ3v) is 4.68. The molecule has 0 amide bonds. The third kappa shape index (κ3) is 3.21. The van der Waals surface area contributed by atoms with Gasteiger partial charge in [-0.25, -0.2) is 4.98 Å². The van der Waals surface area contributed by atoms with Gasteiger partial charge >= 0.3 is 12.8 Å². The van der Waals surface area contributed by atoms with Crippen molar-refractivity contribution >= 4 is 52.5 Å². The summed E-state index contributed by atoms with van der Waals surface area (Å²) in [6.07, 6.45) is 0. The molecule has 3 rings (SSSR count). The van der Waals surface area contributed by atoms with Crippen LogP contribution in [0.3, 0.4) is 0 Å². The average Bonchev–Trinajstić information content (AvgIpc) is 2.84. The molecule has 0 atom stereocenters. The molecule has 1 aromatic heterocycles. The minimum Gasteiger partial charge on any atom is -0.423 e. The fourth-order valence-corrected chi connectivity index (χ4v) is 3.05. The molecule has 7 nitrogen and oxygen atoms in total. The Morgan fingerprint density at radius 2 is 1.92 bits per heavy atom. The van der Waals surface area contributed by atoms with Crippen molar-refractivity contribution in [2.24, 2.45) is 0 Å². The zero-order valence-electron chi connectivity index (χ0n) is 13.0. The average molecular weight is 380 g/mol. The monoisotopic (exact) mass is 379 g/mol. The molecule has 0 unspecified atom stereocenters. The minimum atomic E-state index is -1.53. The van der Waals surface area contributed by atoms with E-state index < -0.39 is 12.0 Å². The van der Waals surface area contributed by atoms with E-state index in [1.54, 1.807) is 41.8 Å². The number of aryl methyl sites for hydroxylation is 1. The van der Waals surface area contributed by atoms with Crippen LogP contribution in [-0.2, 0) is 6.54 Å². The van der Waals surface area contributed by atoms with Gasteiger partial charge < -0.3 is 14.6 Å². The highest BCUT2D eigenvalue weighted by molar-refractivity contribution is 6.58. The maximum absolute atomic E-state index is 11.3. The molecule has 0 spiro atoms. The molecule has 0 bridgehead atoms. The summed E-state index contributed by atoms with van der Waals surface area (Å²) >= 11 is 12.0. The molecule has 0 fully saturated rings. The molecule has 0 saturated carbocycles. The lowest BCUT2D eigenvalue weighted by molar-refractivity contribution is -0.383. The molecule has 25 heavy (non-hydrogen) atoms. The van der Waals surface area contributed by atoms with Crippen LogP contribution < -0.4 is 5.46 Å². The van der Waals surface area contributed by atoms with E-state index >= 15 is 0 Å². The maximum Gasteiger partial charge on any atom is 0.488 e. The first-order valence-electron chi connectivity index (χ1n) is 7.23. The van der Waals surface area contributed by atoms with Crippen LogP contribution in [-0.4, -0.2) is 31.6 Å². The molecule has 0 radical (unpaired) electrons. The highest BCUT2D eigenvalue weighted by Gasteiger charge is 2.25. The Morgan fingerprint density at radius 1 is 1.28 bits per heavy atom. The number of rotatable bonds is 4. The van der Waals surface area contributed by atoms with E-state index in [0.717, 1.165) is 5.56 Å². The molecule has 2 N–H and O–H groups in total. The second-order valence-corrected chi connectivity index (χ2v) is 6.29. The summed E-state index contributed by atoms with van der Waals surface area (Å²) in [5.41, 5.74) is 1.61. The minimum absolute atomic E-state index is 0.0840. The van der Waals surface area contributed by atoms with Gasteiger partial charge in [-0.3, -0.25) is 10.1 Å². The molecule has 1 heterocycles. The summed E-state index contributed by atoms with van der Waals surface area (Å²) in [5, 5.41) is 29.6. The first-order chi connectivity index (χ1) is 11.8. The zero-order chi connectivity index (χ0) is 18.3. The fraction of sp³-hybridized carbons (Fsp3) is 0.133. The van der Waals surface area contributed by atoms with Gasteiger partial charge in [-0.2, -0.15) is 0 Å². The lowest BCUT2D eigenvalue weighted by atomic mass is 9.80. The van der Waals surface area contributed by atoms with Gasteiger partial charge in [-0.05, 0) is 24.0 Å². The first-order valence-corrected chi connectivity index (χ1v) is 7.99. The summed E-state index contributed by atoms with van der Waals surface area (Å²) in [4.78, 5) is 15.0. The van der Waals surface area contributed by atoms with Crippen LogP contribution in [0.4, 0.5) is 5.69 Å². The third-order valence-electron chi connectivity index (χ3n) is 3.90. The van der Waals surface area contributed by atoms with Crippen LogP contribution >= 0.6 is 23.2 Å². The van der Waals surface area contributed by atoms with E-state index in [9.17, 15) is 10.1 Å². The van der Waals surface area contributed by atoms with Gasteiger partial charge in [0.25, 0.3) is 0 Å². The number of aromatic nitrogens is 2. The molecule has 2 aromatic carbocycles. The Bertz CT molecular complexity index is 973. The van der Waals surface area contributed by atoms with Crippen LogP contribution in [0.15, 0.2) is 30.3 Å². The number of benzene rings is 2. The van der Waals surface area contributed by atoms with Crippen LogP contribution in [0.5, 0.6) is 0 Å². The maximum atomic E-state index is 11.3. The summed E-state index contributed by atoms with van der Waals surface area (Å²) in [5.74, 6) is 0.572. The Kier molecular flexibility index (Phi) is 4.70. The largest absolute Gasteiger partial charge is 0.488 e. The van der Waals surface area contributed by atoms with Crippen molar-refractivity contribution in [3.63, 3.8) is 0 Å².